The predicted molar refractivity (Wildman–Crippen MR) is 95.0 cm³/mol. The predicted octanol–water partition coefficient (Wildman–Crippen LogP) is 3.35. The zero-order valence-electron chi connectivity index (χ0n) is 13.7. The second kappa shape index (κ2) is 6.60. The molecule has 1 aromatic carbocycles. The summed E-state index contributed by atoms with van der Waals surface area (Å²) >= 11 is 0. The largest absolute Gasteiger partial charge is 0.264 e. The van der Waals surface area contributed by atoms with E-state index in [0.717, 1.165) is 23.2 Å². The van der Waals surface area contributed by atoms with E-state index < -0.39 is 0 Å². The number of aromatic nitrogens is 6. The molecule has 0 aliphatic heterocycles. The number of rotatable bonds is 4. The van der Waals surface area contributed by atoms with E-state index in [-0.39, 0.29) is 0 Å². The van der Waals surface area contributed by atoms with Crippen molar-refractivity contribution >= 4 is 0 Å². The van der Waals surface area contributed by atoms with Crippen LogP contribution in [-0.2, 0) is 6.42 Å². The Kier molecular flexibility index (Phi) is 4.00. The second-order valence-corrected chi connectivity index (χ2v) is 5.60. The first kappa shape index (κ1) is 15.1. The first-order chi connectivity index (χ1) is 12.3. The van der Waals surface area contributed by atoms with E-state index in [1.165, 1.54) is 5.56 Å². The molecular weight excluding hydrogens is 312 g/mol. The van der Waals surface area contributed by atoms with Crippen molar-refractivity contribution in [3.05, 3.63) is 72.7 Å². The van der Waals surface area contributed by atoms with Crippen LogP contribution in [-0.4, -0.2) is 30.2 Å². The average molecular weight is 328 g/mol. The van der Waals surface area contributed by atoms with Crippen molar-refractivity contribution in [3.63, 3.8) is 0 Å². The van der Waals surface area contributed by atoms with Crippen molar-refractivity contribution in [2.45, 2.75) is 13.3 Å². The van der Waals surface area contributed by atoms with Crippen LogP contribution >= 0.6 is 0 Å². The van der Waals surface area contributed by atoms with Gasteiger partial charge < -0.3 is 0 Å². The molecule has 0 atom stereocenters. The fourth-order valence-corrected chi connectivity index (χ4v) is 2.62. The van der Waals surface area contributed by atoms with Crippen LogP contribution in [0, 0.1) is 0 Å². The Bertz CT molecular complexity index is 979. The standard InChI is InChI=1S/C19H16N6/c1-2-14-10-16(15-6-5-8-20-13-15)12-17(11-14)25-23-19(22-24-25)18-7-3-4-9-21-18/h3-13H,2H2,1H3. The van der Waals surface area contributed by atoms with Gasteiger partial charge in [0.2, 0.25) is 5.82 Å². The molecule has 3 aromatic heterocycles. The molecule has 0 saturated heterocycles. The van der Waals surface area contributed by atoms with E-state index in [9.17, 15) is 0 Å². The Morgan fingerprint density at radius 1 is 0.960 bits per heavy atom. The third-order valence-corrected chi connectivity index (χ3v) is 3.92. The van der Waals surface area contributed by atoms with Gasteiger partial charge in [0.1, 0.15) is 5.69 Å². The third kappa shape index (κ3) is 3.14. The van der Waals surface area contributed by atoms with Gasteiger partial charge in [0.05, 0.1) is 5.69 Å². The molecule has 0 spiro atoms. The number of tetrazole rings is 1. The third-order valence-electron chi connectivity index (χ3n) is 3.92. The maximum atomic E-state index is 4.48. The summed E-state index contributed by atoms with van der Waals surface area (Å²) in [5.74, 6) is 0.505. The minimum Gasteiger partial charge on any atom is -0.264 e. The van der Waals surface area contributed by atoms with E-state index in [2.05, 4.69) is 44.4 Å². The number of hydrogen-bond acceptors (Lipinski definition) is 5. The fourth-order valence-electron chi connectivity index (χ4n) is 2.62. The summed E-state index contributed by atoms with van der Waals surface area (Å²) in [6.07, 6.45) is 6.26. The van der Waals surface area contributed by atoms with Gasteiger partial charge in [-0.25, -0.2) is 0 Å². The van der Waals surface area contributed by atoms with Crippen LogP contribution in [0.5, 0.6) is 0 Å². The van der Waals surface area contributed by atoms with Crippen molar-refractivity contribution < 1.29 is 0 Å². The van der Waals surface area contributed by atoms with Gasteiger partial charge >= 0.3 is 0 Å². The highest BCUT2D eigenvalue weighted by atomic mass is 15.6. The van der Waals surface area contributed by atoms with E-state index in [4.69, 9.17) is 0 Å². The lowest BCUT2D eigenvalue weighted by molar-refractivity contribution is 0.719. The summed E-state index contributed by atoms with van der Waals surface area (Å²) in [6, 6.07) is 15.9. The summed E-state index contributed by atoms with van der Waals surface area (Å²) in [5, 5.41) is 12.8. The van der Waals surface area contributed by atoms with Crippen molar-refractivity contribution in [2.24, 2.45) is 0 Å². The van der Waals surface area contributed by atoms with Crippen molar-refractivity contribution in [3.8, 4) is 28.3 Å². The summed E-state index contributed by atoms with van der Waals surface area (Å²) in [7, 11) is 0. The van der Waals surface area contributed by atoms with Crippen LogP contribution in [0.15, 0.2) is 67.1 Å². The van der Waals surface area contributed by atoms with Crippen LogP contribution in [0.25, 0.3) is 28.3 Å². The molecule has 4 aromatic rings. The van der Waals surface area contributed by atoms with Gasteiger partial charge in [0.25, 0.3) is 0 Å². The van der Waals surface area contributed by atoms with Crippen LogP contribution in [0.4, 0.5) is 0 Å². The van der Waals surface area contributed by atoms with E-state index in [0.29, 0.717) is 11.5 Å². The Morgan fingerprint density at radius 2 is 1.92 bits per heavy atom. The van der Waals surface area contributed by atoms with E-state index in [1.807, 2.05) is 42.6 Å². The van der Waals surface area contributed by atoms with Gasteiger partial charge in [0.15, 0.2) is 0 Å². The molecule has 0 unspecified atom stereocenters. The molecule has 0 saturated carbocycles. The lowest BCUT2D eigenvalue weighted by Gasteiger charge is -2.07. The zero-order valence-corrected chi connectivity index (χ0v) is 13.7. The van der Waals surface area contributed by atoms with E-state index >= 15 is 0 Å². The van der Waals surface area contributed by atoms with Gasteiger partial charge in [-0.05, 0) is 53.1 Å². The summed E-state index contributed by atoms with van der Waals surface area (Å²) in [4.78, 5) is 10.0. The molecule has 0 bridgehead atoms. The molecule has 3 heterocycles. The van der Waals surface area contributed by atoms with Gasteiger partial charge in [-0.15, -0.1) is 15.0 Å². The number of hydrogen-bond donors (Lipinski definition) is 0. The highest BCUT2D eigenvalue weighted by molar-refractivity contribution is 5.66. The summed E-state index contributed by atoms with van der Waals surface area (Å²) < 4.78 is 0. The van der Waals surface area contributed by atoms with Gasteiger partial charge in [-0.2, -0.15) is 0 Å². The minimum atomic E-state index is 0.505. The number of benzene rings is 1. The van der Waals surface area contributed by atoms with E-state index in [1.54, 1.807) is 17.2 Å². The molecule has 0 aliphatic carbocycles. The zero-order chi connectivity index (χ0) is 17.1. The number of aryl methyl sites for hydroxylation is 1. The monoisotopic (exact) mass is 328 g/mol. The second-order valence-electron chi connectivity index (χ2n) is 5.60. The van der Waals surface area contributed by atoms with Crippen LogP contribution < -0.4 is 0 Å². The summed E-state index contributed by atoms with van der Waals surface area (Å²) in [5.41, 5.74) is 4.91. The molecule has 0 fully saturated rings. The minimum absolute atomic E-state index is 0.505. The molecular formula is C19H16N6. The highest BCUT2D eigenvalue weighted by Gasteiger charge is 2.10. The Morgan fingerprint density at radius 3 is 2.68 bits per heavy atom. The van der Waals surface area contributed by atoms with Crippen molar-refractivity contribution in [2.75, 3.05) is 0 Å². The van der Waals surface area contributed by atoms with Gasteiger partial charge in [-0.3, -0.25) is 9.97 Å². The molecule has 25 heavy (non-hydrogen) atoms. The lowest BCUT2D eigenvalue weighted by atomic mass is 10.0. The van der Waals surface area contributed by atoms with Crippen molar-refractivity contribution in [1.82, 2.24) is 30.2 Å². The van der Waals surface area contributed by atoms with Crippen molar-refractivity contribution in [1.29, 1.82) is 0 Å². The topological polar surface area (TPSA) is 69.4 Å². The maximum Gasteiger partial charge on any atom is 0.223 e. The van der Waals surface area contributed by atoms with Crippen LogP contribution in [0.3, 0.4) is 0 Å². The molecule has 0 amide bonds. The first-order valence-corrected chi connectivity index (χ1v) is 8.09. The molecule has 6 heteroatoms. The Balaban J connectivity index is 1.77. The SMILES string of the molecule is CCc1cc(-c2cccnc2)cc(-n2nnc(-c3ccccn3)n2)c1. The maximum absolute atomic E-state index is 4.48. The fraction of sp³-hybridized carbons (Fsp3) is 0.105. The van der Waals surface area contributed by atoms with Gasteiger partial charge in [0, 0.05) is 24.2 Å². The molecule has 0 N–H and O–H groups in total. The quantitative estimate of drug-likeness (QED) is 0.574. The highest BCUT2D eigenvalue weighted by Crippen LogP contribution is 2.23. The molecule has 0 aliphatic rings. The molecule has 122 valence electrons. The average Bonchev–Trinajstić information content (AvgIpc) is 3.19. The number of pyridine rings is 2. The molecule has 4 rings (SSSR count). The summed E-state index contributed by atoms with van der Waals surface area (Å²) in [6.45, 7) is 2.13. The number of nitrogens with zero attached hydrogens (tertiary/aromatic N) is 6. The van der Waals surface area contributed by atoms with Crippen LogP contribution in [0.2, 0.25) is 0 Å². The van der Waals surface area contributed by atoms with Crippen LogP contribution in [0.1, 0.15) is 12.5 Å². The smallest absolute Gasteiger partial charge is 0.223 e. The lowest BCUT2D eigenvalue weighted by Crippen LogP contribution is -2.01. The Hall–Kier alpha value is -3.41. The Labute approximate surface area is 145 Å². The van der Waals surface area contributed by atoms with Gasteiger partial charge in [-0.1, -0.05) is 25.1 Å². The first-order valence-electron chi connectivity index (χ1n) is 8.09. The molecule has 0 radical (unpaired) electrons. The molecule has 6 nitrogen and oxygen atoms in total. The normalized spacial score (nSPS) is 10.8.